The van der Waals surface area contributed by atoms with E-state index in [4.69, 9.17) is 0 Å². The van der Waals surface area contributed by atoms with Gasteiger partial charge in [0.1, 0.15) is 5.75 Å². The minimum atomic E-state index is 0.285. The largest absolute Gasteiger partial charge is 0.506 e. The van der Waals surface area contributed by atoms with E-state index in [0.29, 0.717) is 6.54 Å². The number of piperazine rings is 1. The molecule has 4 rings (SSSR count). The highest BCUT2D eigenvalue weighted by Gasteiger charge is 2.20. The minimum absolute atomic E-state index is 0.285. The summed E-state index contributed by atoms with van der Waals surface area (Å²) in [7, 11) is 0. The molecule has 1 aromatic carbocycles. The summed E-state index contributed by atoms with van der Waals surface area (Å²) in [5.74, 6) is 0.285. The topological polar surface area (TPSA) is 52.5 Å². The molecule has 5 nitrogen and oxygen atoms in total. The maximum Gasteiger partial charge on any atom is 0.138 e. The Morgan fingerprint density at radius 3 is 2.64 bits per heavy atom. The van der Waals surface area contributed by atoms with Gasteiger partial charge in [0.05, 0.1) is 11.2 Å². The van der Waals surface area contributed by atoms with Gasteiger partial charge in [-0.25, -0.2) is 0 Å². The Kier molecular flexibility index (Phi) is 4.24. The van der Waals surface area contributed by atoms with Gasteiger partial charge in [-0.05, 0) is 31.2 Å². The molecule has 128 valence electrons. The number of benzene rings is 1. The third-order valence-electron chi connectivity index (χ3n) is 4.80. The fraction of sp³-hybridized carbons (Fsp3) is 0.300. The fourth-order valence-corrected chi connectivity index (χ4v) is 3.43. The van der Waals surface area contributed by atoms with Gasteiger partial charge in [0.2, 0.25) is 0 Å². The quantitative estimate of drug-likeness (QED) is 0.798. The highest BCUT2D eigenvalue weighted by molar-refractivity contribution is 5.91. The summed E-state index contributed by atoms with van der Waals surface area (Å²) in [4.78, 5) is 13.7. The number of aromatic hydroxyl groups is 1. The van der Waals surface area contributed by atoms with Crippen LogP contribution in [0.3, 0.4) is 0 Å². The molecule has 1 fully saturated rings. The predicted molar refractivity (Wildman–Crippen MR) is 99.9 cm³/mol. The molecular formula is C20H22N4O. The number of pyridine rings is 2. The van der Waals surface area contributed by atoms with Crippen LogP contribution in [0.4, 0.5) is 5.69 Å². The molecular weight excluding hydrogens is 312 g/mol. The monoisotopic (exact) mass is 334 g/mol. The molecule has 0 unspecified atom stereocenters. The SMILES string of the molecule is Cc1ccc(O)c(CN2CCN(c3ccnc4ccccc34)CC2)n1. The second kappa shape index (κ2) is 6.69. The molecule has 25 heavy (non-hydrogen) atoms. The summed E-state index contributed by atoms with van der Waals surface area (Å²) < 4.78 is 0. The van der Waals surface area contributed by atoms with Crippen LogP contribution >= 0.6 is 0 Å². The van der Waals surface area contributed by atoms with Gasteiger partial charge in [0.15, 0.2) is 0 Å². The molecule has 1 aliphatic heterocycles. The molecule has 2 aromatic heterocycles. The van der Waals surface area contributed by atoms with E-state index in [-0.39, 0.29) is 5.75 Å². The first-order chi connectivity index (χ1) is 12.2. The molecule has 5 heteroatoms. The lowest BCUT2D eigenvalue weighted by Gasteiger charge is -2.36. The van der Waals surface area contributed by atoms with Crippen LogP contribution in [0, 0.1) is 6.92 Å². The third kappa shape index (κ3) is 3.28. The van der Waals surface area contributed by atoms with E-state index in [2.05, 4.69) is 44.0 Å². The number of aryl methyl sites for hydroxylation is 1. The number of anilines is 1. The van der Waals surface area contributed by atoms with Gasteiger partial charge in [0, 0.05) is 55.7 Å². The fourth-order valence-electron chi connectivity index (χ4n) is 3.43. The first-order valence-electron chi connectivity index (χ1n) is 8.67. The van der Waals surface area contributed by atoms with Crippen LogP contribution in [0.15, 0.2) is 48.7 Å². The van der Waals surface area contributed by atoms with Crippen molar-refractivity contribution in [2.45, 2.75) is 13.5 Å². The zero-order chi connectivity index (χ0) is 17.2. The van der Waals surface area contributed by atoms with Crippen LogP contribution in [0.2, 0.25) is 0 Å². The van der Waals surface area contributed by atoms with Gasteiger partial charge in [-0.15, -0.1) is 0 Å². The van der Waals surface area contributed by atoms with Gasteiger partial charge in [0.25, 0.3) is 0 Å². The molecule has 0 aliphatic carbocycles. The molecule has 0 bridgehead atoms. The van der Waals surface area contributed by atoms with Crippen molar-refractivity contribution in [2.75, 3.05) is 31.1 Å². The van der Waals surface area contributed by atoms with E-state index in [9.17, 15) is 5.11 Å². The highest BCUT2D eigenvalue weighted by Crippen LogP contribution is 2.26. The lowest BCUT2D eigenvalue weighted by Crippen LogP contribution is -2.46. The van der Waals surface area contributed by atoms with Crippen LogP contribution < -0.4 is 4.90 Å². The Labute approximate surface area is 147 Å². The van der Waals surface area contributed by atoms with Crippen molar-refractivity contribution >= 4 is 16.6 Å². The second-order valence-corrected chi connectivity index (χ2v) is 6.53. The molecule has 0 saturated carbocycles. The molecule has 3 aromatic rings. The second-order valence-electron chi connectivity index (χ2n) is 6.53. The van der Waals surface area contributed by atoms with Crippen molar-refractivity contribution in [2.24, 2.45) is 0 Å². The van der Waals surface area contributed by atoms with Crippen molar-refractivity contribution in [1.82, 2.24) is 14.9 Å². The molecule has 1 saturated heterocycles. The van der Waals surface area contributed by atoms with Crippen molar-refractivity contribution < 1.29 is 5.11 Å². The smallest absolute Gasteiger partial charge is 0.138 e. The molecule has 0 amide bonds. The van der Waals surface area contributed by atoms with Crippen molar-refractivity contribution in [3.63, 3.8) is 0 Å². The number of fused-ring (bicyclic) bond motifs is 1. The number of rotatable bonds is 3. The van der Waals surface area contributed by atoms with Gasteiger partial charge in [-0.2, -0.15) is 0 Å². The average molecular weight is 334 g/mol. The molecule has 1 aliphatic rings. The Bertz CT molecular complexity index is 883. The zero-order valence-electron chi connectivity index (χ0n) is 14.4. The van der Waals surface area contributed by atoms with E-state index < -0.39 is 0 Å². The Balaban J connectivity index is 1.47. The minimum Gasteiger partial charge on any atom is -0.506 e. The first-order valence-corrected chi connectivity index (χ1v) is 8.67. The van der Waals surface area contributed by atoms with Gasteiger partial charge >= 0.3 is 0 Å². The first kappa shape index (κ1) is 15.8. The van der Waals surface area contributed by atoms with Crippen LogP contribution in [-0.4, -0.2) is 46.2 Å². The van der Waals surface area contributed by atoms with E-state index in [1.165, 1.54) is 11.1 Å². The number of nitrogens with zero attached hydrogens (tertiary/aromatic N) is 4. The molecule has 1 N–H and O–H groups in total. The Morgan fingerprint density at radius 1 is 1.00 bits per heavy atom. The van der Waals surface area contributed by atoms with Gasteiger partial charge in [-0.1, -0.05) is 18.2 Å². The third-order valence-corrected chi connectivity index (χ3v) is 4.80. The number of hydrogen-bond donors (Lipinski definition) is 1. The molecule has 3 heterocycles. The standard InChI is InChI=1S/C20H22N4O/c1-15-6-7-20(25)18(22-15)14-23-10-12-24(13-11-23)19-8-9-21-17-5-3-2-4-16(17)19/h2-9,25H,10-14H2,1H3. The van der Waals surface area contributed by atoms with E-state index in [1.54, 1.807) is 6.07 Å². The molecule has 0 spiro atoms. The van der Waals surface area contributed by atoms with E-state index >= 15 is 0 Å². The number of aromatic nitrogens is 2. The predicted octanol–water partition coefficient (Wildman–Crippen LogP) is 2.97. The Morgan fingerprint density at radius 2 is 1.80 bits per heavy atom. The number of para-hydroxylation sites is 1. The van der Waals surface area contributed by atoms with Crippen LogP contribution in [-0.2, 0) is 6.54 Å². The van der Waals surface area contributed by atoms with Gasteiger partial charge < -0.3 is 10.0 Å². The normalized spacial score (nSPS) is 15.6. The van der Waals surface area contributed by atoms with Crippen molar-refractivity contribution in [1.29, 1.82) is 0 Å². The lowest BCUT2D eigenvalue weighted by atomic mass is 10.1. The average Bonchev–Trinajstić information content (AvgIpc) is 2.65. The highest BCUT2D eigenvalue weighted by atomic mass is 16.3. The van der Waals surface area contributed by atoms with E-state index in [1.807, 2.05) is 25.3 Å². The van der Waals surface area contributed by atoms with Crippen LogP contribution in [0.25, 0.3) is 10.9 Å². The molecule has 0 atom stereocenters. The summed E-state index contributed by atoms with van der Waals surface area (Å²) in [6, 6.07) is 14.0. The summed E-state index contributed by atoms with van der Waals surface area (Å²) in [5, 5.41) is 11.2. The van der Waals surface area contributed by atoms with E-state index in [0.717, 1.165) is 43.1 Å². The van der Waals surface area contributed by atoms with Crippen molar-refractivity contribution in [3.8, 4) is 5.75 Å². The number of hydrogen-bond acceptors (Lipinski definition) is 5. The molecule has 0 radical (unpaired) electrons. The van der Waals surface area contributed by atoms with Crippen LogP contribution in [0.5, 0.6) is 5.75 Å². The maximum absolute atomic E-state index is 10.0. The van der Waals surface area contributed by atoms with Crippen molar-refractivity contribution in [3.05, 3.63) is 60.0 Å². The Hall–Kier alpha value is -2.66. The zero-order valence-corrected chi connectivity index (χ0v) is 14.4. The summed E-state index contributed by atoms with van der Waals surface area (Å²) >= 11 is 0. The summed E-state index contributed by atoms with van der Waals surface area (Å²) in [6.45, 7) is 6.46. The summed E-state index contributed by atoms with van der Waals surface area (Å²) in [6.07, 6.45) is 1.89. The lowest BCUT2D eigenvalue weighted by molar-refractivity contribution is 0.243. The maximum atomic E-state index is 10.0. The summed E-state index contributed by atoms with van der Waals surface area (Å²) in [5.41, 5.74) is 4.00. The van der Waals surface area contributed by atoms with Gasteiger partial charge in [-0.3, -0.25) is 14.9 Å². The van der Waals surface area contributed by atoms with Crippen LogP contribution in [0.1, 0.15) is 11.4 Å².